The number of carbonyl (C=O) groups excluding carboxylic acids is 1. The minimum Gasteiger partial charge on any atom is -0.465 e. The molecule has 3 nitrogen and oxygen atoms in total. The molecule has 82 valence electrons. The van der Waals surface area contributed by atoms with Crippen LogP contribution in [-0.4, -0.2) is 18.1 Å². The number of ether oxygens (including phenoxy) is 1. The van der Waals surface area contributed by atoms with Gasteiger partial charge < -0.3 is 4.74 Å². The number of nitrogens with zero attached hydrogens (tertiary/aromatic N) is 1. The molecule has 0 aliphatic rings. The van der Waals surface area contributed by atoms with Crippen LogP contribution < -0.4 is 0 Å². The van der Waals surface area contributed by atoms with Crippen LogP contribution in [-0.2, 0) is 4.74 Å². The van der Waals surface area contributed by atoms with Crippen LogP contribution in [0.4, 0.5) is 13.2 Å². The predicted molar refractivity (Wildman–Crippen MR) is 45.2 cm³/mol. The summed E-state index contributed by atoms with van der Waals surface area (Å²) in [6.45, 7) is 1.38. The second-order valence-corrected chi connectivity index (χ2v) is 2.81. The first kappa shape index (κ1) is 11.5. The average Bonchev–Trinajstić information content (AvgIpc) is 2.19. The fourth-order valence-corrected chi connectivity index (χ4v) is 1.18. The van der Waals surface area contributed by atoms with E-state index in [9.17, 15) is 18.0 Å². The highest BCUT2D eigenvalue weighted by molar-refractivity contribution is 5.92. The maximum Gasteiger partial charge on any atom is 0.338 e. The zero-order chi connectivity index (χ0) is 11.6. The van der Waals surface area contributed by atoms with Crippen molar-refractivity contribution in [2.75, 3.05) is 7.11 Å². The largest absolute Gasteiger partial charge is 0.465 e. The molecule has 15 heavy (non-hydrogen) atoms. The molecule has 0 aromatic carbocycles. The molecule has 0 aliphatic carbocycles. The summed E-state index contributed by atoms with van der Waals surface area (Å²) in [5, 5.41) is 0. The van der Waals surface area contributed by atoms with Crippen molar-refractivity contribution in [2.45, 2.75) is 13.3 Å². The summed E-state index contributed by atoms with van der Waals surface area (Å²) in [5.41, 5.74) is -1.32. The Kier molecular flexibility index (Phi) is 3.28. The number of hydrogen-bond donors (Lipinski definition) is 0. The average molecular weight is 219 g/mol. The molecule has 0 radical (unpaired) electrons. The Morgan fingerprint density at radius 2 is 2.13 bits per heavy atom. The molecule has 0 N–H and O–H groups in total. The number of hydrogen-bond acceptors (Lipinski definition) is 3. The Balaban J connectivity index is 3.45. The van der Waals surface area contributed by atoms with Crippen LogP contribution in [0.2, 0.25) is 0 Å². The number of halogens is 3. The lowest BCUT2D eigenvalue weighted by Gasteiger charge is -2.09. The molecule has 1 aromatic heterocycles. The number of carbonyl (C=O) groups is 1. The van der Waals surface area contributed by atoms with Gasteiger partial charge in [0.1, 0.15) is 0 Å². The van der Waals surface area contributed by atoms with Crippen LogP contribution in [0.15, 0.2) is 6.20 Å². The maximum absolute atomic E-state index is 13.0. The lowest BCUT2D eigenvalue weighted by molar-refractivity contribution is 0.0585. The van der Waals surface area contributed by atoms with Gasteiger partial charge in [0, 0.05) is 6.20 Å². The van der Waals surface area contributed by atoms with Gasteiger partial charge in [-0.2, -0.15) is 4.39 Å². The quantitative estimate of drug-likeness (QED) is 0.565. The molecule has 0 amide bonds. The number of aromatic nitrogens is 1. The first-order valence-electron chi connectivity index (χ1n) is 4.00. The summed E-state index contributed by atoms with van der Waals surface area (Å²) >= 11 is 0. The number of aryl methyl sites for hydroxylation is 1. The Bertz CT molecular complexity index is 393. The van der Waals surface area contributed by atoms with E-state index in [-0.39, 0.29) is 5.56 Å². The van der Waals surface area contributed by atoms with Gasteiger partial charge in [0.05, 0.1) is 18.2 Å². The van der Waals surface area contributed by atoms with Crippen LogP contribution in [0.1, 0.15) is 27.9 Å². The standard InChI is InChI=1S/C9H8F3NO2/c1-4-3-13-8(12)6(7(10)11)5(4)9(14)15-2/h3,7H,1-2H3. The normalized spacial score (nSPS) is 10.5. The minimum atomic E-state index is -3.11. The summed E-state index contributed by atoms with van der Waals surface area (Å²) in [6.07, 6.45) is -2.10. The van der Waals surface area contributed by atoms with Gasteiger partial charge in [0.25, 0.3) is 6.43 Å². The smallest absolute Gasteiger partial charge is 0.338 e. The highest BCUT2D eigenvalue weighted by atomic mass is 19.3. The van der Waals surface area contributed by atoms with E-state index in [4.69, 9.17) is 0 Å². The number of pyridine rings is 1. The van der Waals surface area contributed by atoms with E-state index < -0.39 is 29.5 Å². The van der Waals surface area contributed by atoms with Crippen molar-refractivity contribution in [2.24, 2.45) is 0 Å². The van der Waals surface area contributed by atoms with E-state index in [1.165, 1.54) is 6.92 Å². The molecule has 1 heterocycles. The molecule has 0 saturated carbocycles. The lowest BCUT2D eigenvalue weighted by Crippen LogP contribution is -2.11. The summed E-state index contributed by atoms with van der Waals surface area (Å²) in [7, 11) is 1.04. The Morgan fingerprint density at radius 1 is 1.53 bits per heavy atom. The van der Waals surface area contributed by atoms with Gasteiger partial charge >= 0.3 is 5.97 Å². The number of methoxy groups -OCH3 is 1. The second-order valence-electron chi connectivity index (χ2n) is 2.81. The first-order chi connectivity index (χ1) is 6.99. The van der Waals surface area contributed by atoms with E-state index in [2.05, 4.69) is 9.72 Å². The molecular formula is C9H8F3NO2. The summed E-state index contributed by atoms with van der Waals surface area (Å²) in [4.78, 5) is 14.3. The van der Waals surface area contributed by atoms with Gasteiger partial charge in [-0.25, -0.2) is 18.6 Å². The van der Waals surface area contributed by atoms with E-state index in [0.29, 0.717) is 0 Å². The number of esters is 1. The molecule has 0 unspecified atom stereocenters. The number of alkyl halides is 2. The first-order valence-corrected chi connectivity index (χ1v) is 4.00. The maximum atomic E-state index is 13.0. The zero-order valence-electron chi connectivity index (χ0n) is 8.05. The van der Waals surface area contributed by atoms with E-state index in [1.807, 2.05) is 0 Å². The van der Waals surface area contributed by atoms with Gasteiger partial charge in [-0.05, 0) is 12.5 Å². The van der Waals surface area contributed by atoms with Crippen molar-refractivity contribution in [3.05, 3.63) is 28.8 Å². The van der Waals surface area contributed by atoms with Crippen LogP contribution in [0, 0.1) is 12.9 Å². The third kappa shape index (κ3) is 2.08. The number of rotatable bonds is 2. The van der Waals surface area contributed by atoms with Gasteiger partial charge in [0.15, 0.2) is 0 Å². The lowest BCUT2D eigenvalue weighted by atomic mass is 10.1. The zero-order valence-corrected chi connectivity index (χ0v) is 8.05. The van der Waals surface area contributed by atoms with Crippen molar-refractivity contribution in [1.82, 2.24) is 4.98 Å². The fraction of sp³-hybridized carbons (Fsp3) is 0.333. The van der Waals surface area contributed by atoms with Crippen LogP contribution >= 0.6 is 0 Å². The Morgan fingerprint density at radius 3 is 2.60 bits per heavy atom. The highest BCUT2D eigenvalue weighted by Crippen LogP contribution is 2.27. The second kappa shape index (κ2) is 4.29. The van der Waals surface area contributed by atoms with Crippen molar-refractivity contribution < 1.29 is 22.7 Å². The van der Waals surface area contributed by atoms with Crippen LogP contribution in [0.3, 0.4) is 0 Å². The third-order valence-electron chi connectivity index (χ3n) is 1.87. The Hall–Kier alpha value is -1.59. The fourth-order valence-electron chi connectivity index (χ4n) is 1.18. The van der Waals surface area contributed by atoms with E-state index in [0.717, 1.165) is 13.3 Å². The summed E-state index contributed by atoms with van der Waals surface area (Å²) in [5.74, 6) is -2.35. The monoisotopic (exact) mass is 219 g/mol. The van der Waals surface area contributed by atoms with Crippen molar-refractivity contribution in [3.63, 3.8) is 0 Å². The molecule has 0 bridgehead atoms. The van der Waals surface area contributed by atoms with Crippen molar-refractivity contribution >= 4 is 5.97 Å². The molecule has 0 fully saturated rings. The van der Waals surface area contributed by atoms with Crippen molar-refractivity contribution in [1.29, 1.82) is 0 Å². The van der Waals surface area contributed by atoms with Gasteiger partial charge in [-0.1, -0.05) is 0 Å². The van der Waals surface area contributed by atoms with E-state index >= 15 is 0 Å². The van der Waals surface area contributed by atoms with Crippen molar-refractivity contribution in [3.8, 4) is 0 Å². The highest BCUT2D eigenvalue weighted by Gasteiger charge is 2.26. The van der Waals surface area contributed by atoms with Gasteiger partial charge in [0.2, 0.25) is 5.95 Å². The molecular weight excluding hydrogens is 211 g/mol. The molecule has 6 heteroatoms. The van der Waals surface area contributed by atoms with E-state index in [1.54, 1.807) is 0 Å². The predicted octanol–water partition coefficient (Wildman–Crippen LogP) is 2.25. The minimum absolute atomic E-state index is 0.151. The van der Waals surface area contributed by atoms with Gasteiger partial charge in [-0.3, -0.25) is 0 Å². The molecule has 0 spiro atoms. The molecule has 1 rings (SSSR count). The molecule has 0 atom stereocenters. The molecule has 0 saturated heterocycles. The van der Waals surface area contributed by atoms with Crippen LogP contribution in [0.5, 0.6) is 0 Å². The van der Waals surface area contributed by atoms with Crippen LogP contribution in [0.25, 0.3) is 0 Å². The molecule has 0 aliphatic heterocycles. The summed E-state index contributed by atoms with van der Waals surface area (Å²) in [6, 6.07) is 0. The van der Waals surface area contributed by atoms with Gasteiger partial charge in [-0.15, -0.1) is 0 Å². The Labute approximate surface area is 83.9 Å². The topological polar surface area (TPSA) is 39.2 Å². The summed E-state index contributed by atoms with van der Waals surface area (Å²) < 4.78 is 42.2. The SMILES string of the molecule is COC(=O)c1c(C)cnc(F)c1C(F)F. The molecule has 1 aromatic rings. The third-order valence-corrected chi connectivity index (χ3v) is 1.87.